The summed E-state index contributed by atoms with van der Waals surface area (Å²) in [5.74, 6) is -1.03. The Morgan fingerprint density at radius 2 is 2.09 bits per heavy atom. The molecular formula is C15H15BrN2O4. The molecule has 1 heterocycles. The number of amides is 1. The van der Waals surface area contributed by atoms with Gasteiger partial charge in [0.2, 0.25) is 5.76 Å². The monoisotopic (exact) mass is 366 g/mol. The fourth-order valence-corrected chi connectivity index (χ4v) is 2.15. The van der Waals surface area contributed by atoms with Crippen molar-refractivity contribution in [2.24, 2.45) is 0 Å². The first-order valence-corrected chi connectivity index (χ1v) is 7.34. The summed E-state index contributed by atoms with van der Waals surface area (Å²) in [6.45, 7) is 1.76. The SMILES string of the molecule is Cc1cc(C(=O)OCC(=O)N(C)Cc2ccccc2Br)on1. The van der Waals surface area contributed by atoms with Gasteiger partial charge in [-0.2, -0.15) is 0 Å². The highest BCUT2D eigenvalue weighted by Crippen LogP contribution is 2.17. The van der Waals surface area contributed by atoms with E-state index in [0.717, 1.165) is 10.0 Å². The van der Waals surface area contributed by atoms with Crippen molar-refractivity contribution >= 4 is 27.8 Å². The van der Waals surface area contributed by atoms with Crippen molar-refractivity contribution in [3.63, 3.8) is 0 Å². The van der Waals surface area contributed by atoms with Crippen LogP contribution in [0.4, 0.5) is 0 Å². The molecule has 0 spiro atoms. The second kappa shape index (κ2) is 7.22. The molecule has 0 saturated heterocycles. The van der Waals surface area contributed by atoms with Crippen LogP contribution >= 0.6 is 15.9 Å². The first-order valence-electron chi connectivity index (χ1n) is 6.55. The van der Waals surface area contributed by atoms with E-state index in [1.165, 1.54) is 11.0 Å². The lowest BCUT2D eigenvalue weighted by Gasteiger charge is -2.17. The summed E-state index contributed by atoms with van der Waals surface area (Å²) in [7, 11) is 1.65. The number of ether oxygens (including phenoxy) is 1. The van der Waals surface area contributed by atoms with E-state index in [2.05, 4.69) is 21.1 Å². The Bertz CT molecular complexity index is 684. The number of carbonyl (C=O) groups is 2. The number of hydrogen-bond acceptors (Lipinski definition) is 5. The largest absolute Gasteiger partial charge is 0.450 e. The number of aromatic nitrogens is 1. The molecule has 0 bridgehead atoms. The van der Waals surface area contributed by atoms with E-state index in [1.54, 1.807) is 14.0 Å². The van der Waals surface area contributed by atoms with Crippen LogP contribution < -0.4 is 0 Å². The van der Waals surface area contributed by atoms with Crippen molar-refractivity contribution in [2.45, 2.75) is 13.5 Å². The molecule has 116 valence electrons. The highest BCUT2D eigenvalue weighted by Gasteiger charge is 2.17. The van der Waals surface area contributed by atoms with Crippen LogP contribution in [-0.2, 0) is 16.1 Å². The lowest BCUT2D eigenvalue weighted by Crippen LogP contribution is -2.30. The van der Waals surface area contributed by atoms with E-state index >= 15 is 0 Å². The molecule has 1 amide bonds. The Kier molecular flexibility index (Phi) is 5.32. The number of halogens is 1. The van der Waals surface area contributed by atoms with E-state index < -0.39 is 5.97 Å². The maximum Gasteiger partial charge on any atom is 0.377 e. The topological polar surface area (TPSA) is 72.6 Å². The fraction of sp³-hybridized carbons (Fsp3) is 0.267. The zero-order valence-electron chi connectivity index (χ0n) is 12.2. The van der Waals surface area contributed by atoms with Gasteiger partial charge in [-0.3, -0.25) is 4.79 Å². The second-order valence-corrected chi connectivity index (χ2v) is 5.60. The molecule has 6 nitrogen and oxygen atoms in total. The summed E-state index contributed by atoms with van der Waals surface area (Å²) >= 11 is 3.43. The van der Waals surface area contributed by atoms with Crippen molar-refractivity contribution in [3.05, 3.63) is 51.8 Å². The Balaban J connectivity index is 1.86. The van der Waals surface area contributed by atoms with Crippen LogP contribution in [0.2, 0.25) is 0 Å². The van der Waals surface area contributed by atoms with Crippen molar-refractivity contribution < 1.29 is 18.8 Å². The predicted octanol–water partition coefficient (Wildman–Crippen LogP) is 2.56. The highest BCUT2D eigenvalue weighted by molar-refractivity contribution is 9.10. The molecule has 0 saturated carbocycles. The number of carbonyl (C=O) groups excluding carboxylic acids is 2. The van der Waals surface area contributed by atoms with Crippen LogP contribution in [-0.4, -0.2) is 35.6 Å². The molecule has 0 atom stereocenters. The molecule has 0 fully saturated rings. The van der Waals surface area contributed by atoms with Gasteiger partial charge < -0.3 is 14.2 Å². The quantitative estimate of drug-likeness (QED) is 0.760. The van der Waals surface area contributed by atoms with Gasteiger partial charge in [-0.1, -0.05) is 39.3 Å². The van der Waals surface area contributed by atoms with E-state index in [4.69, 9.17) is 9.26 Å². The van der Waals surface area contributed by atoms with Gasteiger partial charge in [-0.25, -0.2) is 4.79 Å². The molecule has 1 aromatic heterocycles. The Morgan fingerprint density at radius 3 is 2.73 bits per heavy atom. The standard InChI is InChI=1S/C15H15BrN2O4/c1-10-7-13(22-17-10)15(20)21-9-14(19)18(2)8-11-5-3-4-6-12(11)16/h3-7H,8-9H2,1-2H3. The van der Waals surface area contributed by atoms with Crippen molar-refractivity contribution in [1.29, 1.82) is 0 Å². The molecule has 0 aliphatic heterocycles. The van der Waals surface area contributed by atoms with Gasteiger partial charge in [0, 0.05) is 24.1 Å². The minimum atomic E-state index is -0.705. The van der Waals surface area contributed by atoms with Crippen LogP contribution in [0.1, 0.15) is 21.8 Å². The summed E-state index contributed by atoms with van der Waals surface area (Å²) in [4.78, 5) is 25.1. The average molecular weight is 367 g/mol. The van der Waals surface area contributed by atoms with Crippen LogP contribution in [0, 0.1) is 6.92 Å². The average Bonchev–Trinajstić information content (AvgIpc) is 2.93. The summed E-state index contributed by atoms with van der Waals surface area (Å²) in [5, 5.41) is 3.59. The first-order chi connectivity index (χ1) is 10.5. The molecule has 1 aromatic carbocycles. The summed E-state index contributed by atoms with van der Waals surface area (Å²) < 4.78 is 10.6. The normalized spacial score (nSPS) is 10.3. The fourth-order valence-electron chi connectivity index (χ4n) is 1.74. The zero-order chi connectivity index (χ0) is 16.1. The number of aryl methyl sites for hydroxylation is 1. The van der Waals surface area contributed by atoms with Gasteiger partial charge in [0.25, 0.3) is 5.91 Å². The molecule has 22 heavy (non-hydrogen) atoms. The van der Waals surface area contributed by atoms with Crippen LogP contribution in [0.5, 0.6) is 0 Å². The third-order valence-electron chi connectivity index (χ3n) is 2.95. The van der Waals surface area contributed by atoms with Crippen LogP contribution in [0.25, 0.3) is 0 Å². The molecule has 0 radical (unpaired) electrons. The van der Waals surface area contributed by atoms with E-state index in [1.807, 2.05) is 24.3 Å². The van der Waals surface area contributed by atoms with Crippen molar-refractivity contribution in [3.8, 4) is 0 Å². The molecule has 0 unspecified atom stereocenters. The Hall–Kier alpha value is -2.15. The Labute approximate surface area is 136 Å². The number of benzene rings is 1. The van der Waals surface area contributed by atoms with Crippen LogP contribution in [0.15, 0.2) is 39.3 Å². The molecule has 0 N–H and O–H groups in total. The van der Waals surface area contributed by atoms with Gasteiger partial charge >= 0.3 is 5.97 Å². The molecule has 0 aliphatic carbocycles. The highest BCUT2D eigenvalue weighted by atomic mass is 79.9. The third-order valence-corrected chi connectivity index (χ3v) is 3.72. The van der Waals surface area contributed by atoms with Gasteiger partial charge in [-0.05, 0) is 18.6 Å². The number of likely N-dealkylation sites (N-methyl/N-ethyl adjacent to an activating group) is 1. The number of esters is 1. The van der Waals surface area contributed by atoms with Crippen molar-refractivity contribution in [2.75, 3.05) is 13.7 Å². The van der Waals surface area contributed by atoms with E-state index in [9.17, 15) is 9.59 Å². The van der Waals surface area contributed by atoms with Crippen LogP contribution in [0.3, 0.4) is 0 Å². The van der Waals surface area contributed by atoms with Gasteiger partial charge in [-0.15, -0.1) is 0 Å². The molecule has 2 aromatic rings. The molecule has 0 aliphatic rings. The van der Waals surface area contributed by atoms with Gasteiger partial charge in [0.15, 0.2) is 6.61 Å². The van der Waals surface area contributed by atoms with E-state index in [-0.39, 0.29) is 18.3 Å². The van der Waals surface area contributed by atoms with Gasteiger partial charge in [0.1, 0.15) is 0 Å². The smallest absolute Gasteiger partial charge is 0.377 e. The number of rotatable bonds is 5. The molecular weight excluding hydrogens is 352 g/mol. The Morgan fingerprint density at radius 1 is 1.36 bits per heavy atom. The second-order valence-electron chi connectivity index (χ2n) is 4.75. The van der Waals surface area contributed by atoms with Gasteiger partial charge in [0.05, 0.1) is 5.69 Å². The molecule has 2 rings (SSSR count). The lowest BCUT2D eigenvalue weighted by atomic mass is 10.2. The van der Waals surface area contributed by atoms with E-state index in [0.29, 0.717) is 12.2 Å². The summed E-state index contributed by atoms with van der Waals surface area (Å²) in [5.41, 5.74) is 1.54. The summed E-state index contributed by atoms with van der Waals surface area (Å²) in [6.07, 6.45) is 0. The lowest BCUT2D eigenvalue weighted by molar-refractivity contribution is -0.133. The first kappa shape index (κ1) is 16.2. The number of hydrogen-bond donors (Lipinski definition) is 0. The summed E-state index contributed by atoms with van der Waals surface area (Å²) in [6, 6.07) is 9.07. The minimum Gasteiger partial charge on any atom is -0.450 e. The van der Waals surface area contributed by atoms with Crippen molar-refractivity contribution in [1.82, 2.24) is 10.1 Å². The predicted molar refractivity (Wildman–Crippen MR) is 82.1 cm³/mol. The third kappa shape index (κ3) is 4.17. The number of nitrogens with zero attached hydrogens (tertiary/aromatic N) is 2. The minimum absolute atomic E-state index is 0.0150. The maximum absolute atomic E-state index is 12.0. The zero-order valence-corrected chi connectivity index (χ0v) is 13.8. The molecule has 7 heteroatoms. The maximum atomic E-state index is 12.0.